The highest BCUT2D eigenvalue weighted by Crippen LogP contribution is 2.73. The van der Waals surface area contributed by atoms with E-state index >= 15 is 0 Å². The first-order valence-corrected chi connectivity index (χ1v) is 9.01. The summed E-state index contributed by atoms with van der Waals surface area (Å²) in [7, 11) is 2.21. The number of anilines is 1. The van der Waals surface area contributed by atoms with Crippen LogP contribution in [0.25, 0.3) is 0 Å². The van der Waals surface area contributed by atoms with E-state index in [0.717, 1.165) is 30.8 Å². The average Bonchev–Trinajstić information content (AvgIpc) is 3.08. The minimum Gasteiger partial charge on any atom is -0.376 e. The molecule has 4 nitrogen and oxygen atoms in total. The lowest BCUT2D eigenvalue weighted by molar-refractivity contribution is -0.153. The molecular weight excluding hydrogens is 300 g/mol. The molecule has 2 saturated heterocycles. The molecule has 1 amide bonds. The molecule has 0 aromatic heterocycles. The highest BCUT2D eigenvalue weighted by atomic mass is 16.5. The summed E-state index contributed by atoms with van der Waals surface area (Å²) in [6.45, 7) is 6.06. The fourth-order valence-electron chi connectivity index (χ4n) is 7.38. The maximum atomic E-state index is 13.4. The number of amides is 1. The number of hydrogen-bond acceptors (Lipinski definition) is 3. The number of carbonyl (C=O) groups is 1. The molecule has 7 atom stereocenters. The van der Waals surface area contributed by atoms with Gasteiger partial charge in [-0.15, -0.1) is 6.58 Å². The fourth-order valence-corrected chi connectivity index (χ4v) is 7.38. The van der Waals surface area contributed by atoms with E-state index in [2.05, 4.69) is 42.1 Å². The van der Waals surface area contributed by atoms with Crippen LogP contribution in [0.2, 0.25) is 0 Å². The molecule has 2 saturated carbocycles. The van der Waals surface area contributed by atoms with Gasteiger partial charge in [0.15, 0.2) is 0 Å². The van der Waals surface area contributed by atoms with Gasteiger partial charge in [0.1, 0.15) is 5.41 Å². The number of benzene rings is 1. The average molecular weight is 322 g/mol. The van der Waals surface area contributed by atoms with Gasteiger partial charge in [0.25, 0.3) is 0 Å². The van der Waals surface area contributed by atoms with Gasteiger partial charge in [-0.25, -0.2) is 0 Å². The van der Waals surface area contributed by atoms with Crippen LogP contribution in [-0.4, -0.2) is 43.2 Å². The SMILES string of the molecule is C=C[C@]12CN(C)[C@@H]3[C@@H]4CO[C@H](CC41)[C@]1(C(=O)Nc4ccccc41)[C@H]32. The van der Waals surface area contributed by atoms with Crippen LogP contribution in [-0.2, 0) is 14.9 Å². The van der Waals surface area contributed by atoms with E-state index < -0.39 is 5.41 Å². The van der Waals surface area contributed by atoms with Crippen molar-refractivity contribution in [3.8, 4) is 0 Å². The number of carbonyl (C=O) groups excluding carboxylic acids is 1. The van der Waals surface area contributed by atoms with Crippen molar-refractivity contribution in [3.05, 3.63) is 42.5 Å². The molecule has 5 bridgehead atoms. The van der Waals surface area contributed by atoms with Gasteiger partial charge in [-0.05, 0) is 31.0 Å². The van der Waals surface area contributed by atoms with Gasteiger partial charge in [0.2, 0.25) is 5.91 Å². The summed E-state index contributed by atoms with van der Waals surface area (Å²) in [6, 6.07) is 8.64. The van der Waals surface area contributed by atoms with Crippen LogP contribution < -0.4 is 5.32 Å². The van der Waals surface area contributed by atoms with E-state index in [-0.39, 0.29) is 23.3 Å². The van der Waals surface area contributed by atoms with E-state index in [1.165, 1.54) is 0 Å². The molecule has 1 spiro atoms. The topological polar surface area (TPSA) is 41.6 Å². The van der Waals surface area contributed by atoms with Crippen molar-refractivity contribution in [2.24, 2.45) is 23.2 Å². The first-order valence-electron chi connectivity index (χ1n) is 9.01. The van der Waals surface area contributed by atoms with Gasteiger partial charge in [-0.2, -0.15) is 0 Å². The lowest BCUT2D eigenvalue weighted by atomic mass is 9.51. The third-order valence-electron chi connectivity index (χ3n) is 7.93. The monoisotopic (exact) mass is 322 g/mol. The number of ether oxygens (including phenoxy) is 1. The Morgan fingerprint density at radius 1 is 1.42 bits per heavy atom. The van der Waals surface area contributed by atoms with Crippen LogP contribution >= 0.6 is 0 Å². The van der Waals surface area contributed by atoms with Crippen molar-refractivity contribution in [2.75, 3.05) is 25.5 Å². The third-order valence-corrected chi connectivity index (χ3v) is 7.93. The quantitative estimate of drug-likeness (QED) is 0.805. The zero-order valence-corrected chi connectivity index (χ0v) is 13.9. The fraction of sp³-hybridized carbons (Fsp3) is 0.550. The highest BCUT2D eigenvalue weighted by Gasteiger charge is 2.79. The Balaban J connectivity index is 1.69. The van der Waals surface area contributed by atoms with E-state index in [1.54, 1.807) is 0 Å². The van der Waals surface area contributed by atoms with E-state index in [9.17, 15) is 4.79 Å². The molecule has 1 aromatic rings. The minimum absolute atomic E-state index is 0.00280. The van der Waals surface area contributed by atoms with Crippen LogP contribution in [0.5, 0.6) is 0 Å². The molecule has 1 unspecified atom stereocenters. The van der Waals surface area contributed by atoms with Crippen LogP contribution in [0.1, 0.15) is 12.0 Å². The van der Waals surface area contributed by atoms with Crippen LogP contribution in [0.3, 0.4) is 0 Å². The van der Waals surface area contributed by atoms with Crippen LogP contribution in [0.4, 0.5) is 5.69 Å². The number of para-hydroxylation sites is 1. The zero-order chi connectivity index (χ0) is 16.3. The first-order chi connectivity index (χ1) is 11.6. The maximum Gasteiger partial charge on any atom is 0.238 e. The second-order valence-electron chi connectivity index (χ2n) is 8.40. The van der Waals surface area contributed by atoms with Gasteiger partial charge >= 0.3 is 0 Å². The normalized spacial score (nSPS) is 50.4. The molecular formula is C20H22N2O2. The number of rotatable bonds is 1. The molecule has 4 heteroatoms. The zero-order valence-electron chi connectivity index (χ0n) is 13.9. The van der Waals surface area contributed by atoms with E-state index in [4.69, 9.17) is 4.74 Å². The lowest BCUT2D eigenvalue weighted by Crippen LogP contribution is -2.62. The predicted molar refractivity (Wildman–Crippen MR) is 90.6 cm³/mol. The molecule has 0 radical (unpaired) electrons. The largest absolute Gasteiger partial charge is 0.376 e. The highest BCUT2D eigenvalue weighted by molar-refractivity contribution is 6.07. The molecule has 2 aliphatic carbocycles. The summed E-state index contributed by atoms with van der Waals surface area (Å²) in [5, 5.41) is 3.18. The second kappa shape index (κ2) is 3.94. The van der Waals surface area contributed by atoms with Gasteiger partial charge in [0, 0.05) is 35.5 Å². The number of fused-ring (bicyclic) bond motifs is 5. The summed E-state index contributed by atoms with van der Waals surface area (Å²) in [5.41, 5.74) is 1.61. The van der Waals surface area contributed by atoms with Gasteiger partial charge in [-0.3, -0.25) is 4.79 Å². The number of nitrogens with one attached hydrogen (secondary N) is 1. The van der Waals surface area contributed by atoms with Crippen molar-refractivity contribution in [2.45, 2.75) is 24.0 Å². The summed E-state index contributed by atoms with van der Waals surface area (Å²) >= 11 is 0. The smallest absolute Gasteiger partial charge is 0.238 e. The Morgan fingerprint density at radius 2 is 2.25 bits per heavy atom. The van der Waals surface area contributed by atoms with Crippen LogP contribution in [0.15, 0.2) is 36.9 Å². The Labute approximate surface area is 141 Å². The molecule has 3 aliphatic heterocycles. The molecule has 24 heavy (non-hydrogen) atoms. The molecule has 124 valence electrons. The first kappa shape index (κ1) is 13.6. The predicted octanol–water partition coefficient (Wildman–Crippen LogP) is 2.03. The Bertz CT molecular complexity index is 792. The Morgan fingerprint density at radius 3 is 3.08 bits per heavy atom. The molecule has 4 fully saturated rings. The summed E-state index contributed by atoms with van der Waals surface area (Å²) in [6.07, 6.45) is 3.17. The summed E-state index contributed by atoms with van der Waals surface area (Å²) < 4.78 is 6.34. The number of piperidine rings is 1. The second-order valence-corrected chi connectivity index (χ2v) is 8.40. The van der Waals surface area contributed by atoms with Crippen LogP contribution in [0, 0.1) is 23.2 Å². The summed E-state index contributed by atoms with van der Waals surface area (Å²) in [4.78, 5) is 15.9. The number of nitrogens with zero attached hydrogens (tertiary/aromatic N) is 1. The van der Waals surface area contributed by atoms with E-state index in [1.807, 2.05) is 12.1 Å². The van der Waals surface area contributed by atoms with E-state index in [0.29, 0.717) is 17.9 Å². The van der Waals surface area contributed by atoms with Crippen molar-refractivity contribution in [3.63, 3.8) is 0 Å². The summed E-state index contributed by atoms with van der Waals surface area (Å²) in [5.74, 6) is 1.56. The molecule has 3 heterocycles. The lowest BCUT2D eigenvalue weighted by Gasteiger charge is -2.54. The van der Waals surface area contributed by atoms with Gasteiger partial charge in [-0.1, -0.05) is 24.3 Å². The minimum atomic E-state index is -0.554. The molecule has 5 aliphatic rings. The number of hydrogen-bond donors (Lipinski definition) is 1. The van der Waals surface area contributed by atoms with Gasteiger partial charge < -0.3 is 15.0 Å². The van der Waals surface area contributed by atoms with Crippen molar-refractivity contribution in [1.29, 1.82) is 0 Å². The van der Waals surface area contributed by atoms with Crippen molar-refractivity contribution in [1.82, 2.24) is 4.90 Å². The molecule has 1 N–H and O–H groups in total. The molecule has 1 aromatic carbocycles. The number of likely N-dealkylation sites (tertiary alicyclic amines) is 1. The van der Waals surface area contributed by atoms with Crippen molar-refractivity contribution >= 4 is 11.6 Å². The maximum absolute atomic E-state index is 13.4. The third kappa shape index (κ3) is 1.12. The Hall–Kier alpha value is -1.65. The molecule has 6 rings (SSSR count). The van der Waals surface area contributed by atoms with Gasteiger partial charge in [0.05, 0.1) is 12.7 Å². The standard InChI is InChI=1S/C20H22N2O2/c1-3-19-10-22(2)16-11-9-24-15(8-13(11)19)20(17(16)19)12-6-4-5-7-14(12)21-18(20)23/h3-7,11,13,15-17H,1,8-10H2,2H3,(H,21,23)/t11-,13?,15-,16-,17-,19+,20+/m1/s1. The van der Waals surface area contributed by atoms with Crippen molar-refractivity contribution < 1.29 is 9.53 Å². The Kier molecular flexibility index (Phi) is 2.24.